The molecule has 1 aliphatic rings. The quantitative estimate of drug-likeness (QED) is 0.859. The lowest BCUT2D eigenvalue weighted by atomic mass is 10.2. The maximum atomic E-state index is 9.01. The van der Waals surface area contributed by atoms with Crippen LogP contribution in [0.3, 0.4) is 0 Å². The highest BCUT2D eigenvalue weighted by molar-refractivity contribution is 8.12. The van der Waals surface area contributed by atoms with E-state index in [-0.39, 0.29) is 5.88 Å². The topological polar surface area (TPSA) is 45.5 Å². The minimum Gasteiger partial charge on any atom is -0.493 e. The number of hydrogen-bond acceptors (Lipinski definition) is 5. The summed E-state index contributed by atoms with van der Waals surface area (Å²) in [6.07, 6.45) is 0. The van der Waals surface area contributed by atoms with Gasteiger partial charge < -0.3 is 5.11 Å². The summed E-state index contributed by atoms with van der Waals surface area (Å²) in [5.74, 6) is 1.29. The average molecular weight is 264 g/mol. The molecule has 1 aromatic carbocycles. The first-order chi connectivity index (χ1) is 8.36. The molecule has 3 rings (SSSR count). The molecule has 0 atom stereocenters. The fraction of sp³-hybridized carbons (Fsp3) is 0.167. The monoisotopic (exact) mass is 264 g/mol. The molecule has 1 N–H and O–H groups in total. The summed E-state index contributed by atoms with van der Waals surface area (Å²) in [4.78, 5) is 7.88. The number of thioether (sulfide) groups is 1. The van der Waals surface area contributed by atoms with E-state index >= 15 is 0 Å². The Balaban J connectivity index is 0.000000181. The van der Waals surface area contributed by atoms with E-state index in [4.69, 9.17) is 5.11 Å². The molecule has 0 amide bonds. The van der Waals surface area contributed by atoms with Crippen molar-refractivity contribution in [1.82, 2.24) is 4.98 Å². The minimum absolute atomic E-state index is 0.0962. The van der Waals surface area contributed by atoms with Crippen LogP contribution in [0.2, 0.25) is 0 Å². The molecular weight excluding hydrogens is 252 g/mol. The van der Waals surface area contributed by atoms with Crippen LogP contribution in [0.15, 0.2) is 40.7 Å². The highest BCUT2D eigenvalue weighted by atomic mass is 32.2. The zero-order valence-electron chi connectivity index (χ0n) is 9.11. The molecule has 3 nitrogen and oxygen atoms in total. The first kappa shape index (κ1) is 12.1. The van der Waals surface area contributed by atoms with Gasteiger partial charge in [-0.05, 0) is 0 Å². The van der Waals surface area contributed by atoms with Crippen LogP contribution in [0, 0.1) is 0 Å². The Morgan fingerprint density at radius 3 is 2.47 bits per heavy atom. The number of aliphatic imine (C=N–C) groups is 1. The summed E-state index contributed by atoms with van der Waals surface area (Å²) in [6.45, 7) is 1.03. The second-order valence-corrected chi connectivity index (χ2v) is 5.07. The largest absolute Gasteiger partial charge is 0.493 e. The first-order valence-electron chi connectivity index (χ1n) is 5.16. The average Bonchev–Trinajstić information content (AvgIpc) is 3.04. The molecule has 2 heterocycles. The highest BCUT2D eigenvalue weighted by Crippen LogP contribution is 2.25. The van der Waals surface area contributed by atoms with E-state index in [2.05, 4.69) is 9.98 Å². The Morgan fingerprint density at radius 2 is 2.00 bits per heavy atom. The number of hydrogen-bond donors (Lipinski definition) is 1. The molecule has 0 radical (unpaired) electrons. The second-order valence-electron chi connectivity index (χ2n) is 3.26. The van der Waals surface area contributed by atoms with Gasteiger partial charge >= 0.3 is 0 Å². The fourth-order valence-electron chi connectivity index (χ4n) is 1.24. The van der Waals surface area contributed by atoms with E-state index in [1.807, 2.05) is 35.9 Å². The van der Waals surface area contributed by atoms with Crippen LogP contribution < -0.4 is 0 Å². The van der Waals surface area contributed by atoms with Gasteiger partial charge in [-0.1, -0.05) is 30.3 Å². The van der Waals surface area contributed by atoms with Crippen molar-refractivity contribution >= 4 is 28.6 Å². The number of aromatic hydroxyl groups is 1. The molecule has 0 spiro atoms. The van der Waals surface area contributed by atoms with E-state index < -0.39 is 0 Å². The van der Waals surface area contributed by atoms with Crippen LogP contribution in [0.25, 0.3) is 10.6 Å². The highest BCUT2D eigenvalue weighted by Gasteiger charge is 2.01. The maximum absolute atomic E-state index is 9.01. The first-order valence-corrected chi connectivity index (χ1v) is 7.09. The molecular formula is C12H12N2OS2. The van der Waals surface area contributed by atoms with Gasteiger partial charge in [-0.15, -0.1) is 23.1 Å². The van der Waals surface area contributed by atoms with Crippen LogP contribution in [-0.4, -0.2) is 27.9 Å². The van der Waals surface area contributed by atoms with Gasteiger partial charge in [-0.25, -0.2) is 4.98 Å². The summed E-state index contributed by atoms with van der Waals surface area (Å²) >= 11 is 3.22. The molecule has 1 aromatic heterocycles. The van der Waals surface area contributed by atoms with E-state index in [1.165, 1.54) is 17.1 Å². The van der Waals surface area contributed by atoms with Crippen molar-refractivity contribution in [2.45, 2.75) is 0 Å². The van der Waals surface area contributed by atoms with Crippen molar-refractivity contribution in [2.24, 2.45) is 4.99 Å². The lowest BCUT2D eigenvalue weighted by Gasteiger charge is -1.91. The standard InChI is InChI=1S/C9H7NOS.C3H5NS/c11-8-6-12-9(10-8)7-4-2-1-3-5-7;1-2-5-3-4-1/h1-6,11H;3H,1-2H2. The summed E-state index contributed by atoms with van der Waals surface area (Å²) in [6, 6.07) is 9.80. The van der Waals surface area contributed by atoms with Crippen LogP contribution in [-0.2, 0) is 0 Å². The van der Waals surface area contributed by atoms with Crippen LogP contribution in [0.5, 0.6) is 5.88 Å². The van der Waals surface area contributed by atoms with Gasteiger partial charge in [0.2, 0.25) is 5.88 Å². The van der Waals surface area contributed by atoms with Crippen molar-refractivity contribution in [2.75, 3.05) is 12.3 Å². The predicted molar refractivity (Wildman–Crippen MR) is 75.0 cm³/mol. The Kier molecular flexibility index (Phi) is 4.58. The smallest absolute Gasteiger partial charge is 0.222 e. The van der Waals surface area contributed by atoms with Crippen LogP contribution >= 0.6 is 23.1 Å². The Labute approximate surface area is 108 Å². The molecule has 0 bridgehead atoms. The van der Waals surface area contributed by atoms with Crippen LogP contribution in [0.4, 0.5) is 0 Å². The van der Waals surface area contributed by atoms with Crippen molar-refractivity contribution in [1.29, 1.82) is 0 Å². The van der Waals surface area contributed by atoms with Gasteiger partial charge in [0.05, 0.1) is 10.9 Å². The molecule has 5 heteroatoms. The van der Waals surface area contributed by atoms with Crippen molar-refractivity contribution in [3.63, 3.8) is 0 Å². The Bertz CT molecular complexity index is 476. The predicted octanol–water partition coefficient (Wildman–Crippen LogP) is 3.28. The van der Waals surface area contributed by atoms with Crippen molar-refractivity contribution in [3.8, 4) is 16.5 Å². The Morgan fingerprint density at radius 1 is 1.18 bits per heavy atom. The van der Waals surface area contributed by atoms with Crippen molar-refractivity contribution in [3.05, 3.63) is 35.7 Å². The molecule has 0 aliphatic carbocycles. The van der Waals surface area contributed by atoms with Gasteiger partial charge in [0.25, 0.3) is 0 Å². The maximum Gasteiger partial charge on any atom is 0.222 e. The van der Waals surface area contributed by atoms with Gasteiger partial charge in [0.15, 0.2) is 0 Å². The number of thiazole rings is 1. The third kappa shape index (κ3) is 3.87. The van der Waals surface area contributed by atoms with Crippen molar-refractivity contribution < 1.29 is 5.11 Å². The molecule has 2 aromatic rings. The van der Waals surface area contributed by atoms with Gasteiger partial charge in [-0.3, -0.25) is 4.99 Å². The van der Waals surface area contributed by atoms with Gasteiger partial charge in [-0.2, -0.15) is 0 Å². The summed E-state index contributed by atoms with van der Waals surface area (Å²) in [5, 5.41) is 11.5. The van der Waals surface area contributed by atoms with E-state index in [0.29, 0.717) is 0 Å². The number of rotatable bonds is 1. The molecule has 0 saturated carbocycles. The van der Waals surface area contributed by atoms with E-state index in [1.54, 1.807) is 17.1 Å². The number of benzene rings is 1. The lowest BCUT2D eigenvalue weighted by Crippen LogP contribution is -1.72. The molecule has 0 unspecified atom stereocenters. The SMILES string of the molecule is C1=NCCS1.Oc1csc(-c2ccccc2)n1. The lowest BCUT2D eigenvalue weighted by molar-refractivity contribution is 0.458. The van der Waals surface area contributed by atoms with E-state index in [9.17, 15) is 0 Å². The summed E-state index contributed by atoms with van der Waals surface area (Å²) < 4.78 is 0. The Hall–Kier alpha value is -1.33. The molecule has 17 heavy (non-hydrogen) atoms. The normalized spacial score (nSPS) is 13.2. The zero-order chi connectivity index (χ0) is 11.9. The zero-order valence-corrected chi connectivity index (χ0v) is 10.7. The minimum atomic E-state index is 0.0962. The molecule has 0 saturated heterocycles. The van der Waals surface area contributed by atoms with E-state index in [0.717, 1.165) is 17.1 Å². The van der Waals surface area contributed by atoms with Crippen LogP contribution in [0.1, 0.15) is 0 Å². The molecule has 1 aliphatic heterocycles. The molecule has 88 valence electrons. The summed E-state index contributed by atoms with van der Waals surface area (Å²) in [5.41, 5.74) is 2.95. The fourth-order valence-corrected chi connectivity index (χ4v) is 2.46. The molecule has 0 fully saturated rings. The third-order valence-corrected chi connectivity index (χ3v) is 3.60. The third-order valence-electron chi connectivity index (χ3n) is 2.00. The number of nitrogens with zero attached hydrogens (tertiary/aromatic N) is 2. The number of aromatic nitrogens is 1. The van der Waals surface area contributed by atoms with Gasteiger partial charge in [0.1, 0.15) is 5.01 Å². The summed E-state index contributed by atoms with van der Waals surface area (Å²) in [7, 11) is 0. The second kappa shape index (κ2) is 6.42. The van der Waals surface area contributed by atoms with Gasteiger partial charge in [0, 0.05) is 17.9 Å².